The zero-order valence-electron chi connectivity index (χ0n) is 10.7. The molecule has 0 radical (unpaired) electrons. The molecule has 1 aromatic heterocycles. The lowest BCUT2D eigenvalue weighted by Crippen LogP contribution is -2.72. The molecule has 2 aliphatic rings. The summed E-state index contributed by atoms with van der Waals surface area (Å²) in [6.45, 7) is 0.601. The van der Waals surface area contributed by atoms with E-state index in [2.05, 4.69) is 9.71 Å². The summed E-state index contributed by atoms with van der Waals surface area (Å²) < 4.78 is 45.8. The molecule has 0 spiro atoms. The van der Waals surface area contributed by atoms with Gasteiger partial charge in [-0.05, 0) is 25.0 Å². The highest BCUT2D eigenvalue weighted by Crippen LogP contribution is 2.37. The number of pyridine rings is 1. The van der Waals surface area contributed by atoms with Crippen LogP contribution < -0.4 is 10.5 Å². The van der Waals surface area contributed by atoms with Crippen molar-refractivity contribution in [2.24, 2.45) is 11.7 Å². The van der Waals surface area contributed by atoms with Crippen molar-refractivity contribution in [1.82, 2.24) is 9.71 Å². The molecule has 0 amide bonds. The number of rotatable bonds is 3. The van der Waals surface area contributed by atoms with Crippen LogP contribution in [0.3, 0.4) is 0 Å². The van der Waals surface area contributed by atoms with E-state index in [0.29, 0.717) is 6.61 Å². The summed E-state index contributed by atoms with van der Waals surface area (Å²) in [5.41, 5.74) is 5.98. The summed E-state index contributed by atoms with van der Waals surface area (Å²) in [7, 11) is -4.03. The molecule has 1 saturated carbocycles. The molecular weight excluding hydrogens is 285 g/mol. The highest BCUT2D eigenvalue weighted by atomic mass is 32.2. The van der Waals surface area contributed by atoms with Crippen LogP contribution in [0, 0.1) is 11.7 Å². The number of hydrogen-bond donors (Lipinski definition) is 2. The third kappa shape index (κ3) is 2.22. The Morgan fingerprint density at radius 1 is 1.50 bits per heavy atom. The molecule has 1 aliphatic carbocycles. The number of nitrogens with one attached hydrogen (secondary N) is 1. The van der Waals surface area contributed by atoms with Gasteiger partial charge in [-0.3, -0.25) is 0 Å². The van der Waals surface area contributed by atoms with Gasteiger partial charge < -0.3 is 10.5 Å². The predicted octanol–water partition coefficient (Wildman–Crippen LogP) is 0.00370. The zero-order valence-corrected chi connectivity index (χ0v) is 11.5. The molecule has 110 valence electrons. The molecule has 0 aromatic carbocycles. The maximum atomic E-state index is 13.5. The molecule has 1 aliphatic heterocycles. The Labute approximate surface area is 116 Å². The molecular formula is C12H16FN3O3S. The summed E-state index contributed by atoms with van der Waals surface area (Å²) in [4.78, 5) is 3.58. The Morgan fingerprint density at radius 3 is 3.05 bits per heavy atom. The fourth-order valence-corrected chi connectivity index (χ4v) is 4.18. The Bertz CT molecular complexity index is 610. The molecule has 4 unspecified atom stereocenters. The summed E-state index contributed by atoms with van der Waals surface area (Å²) in [6, 6.07) is 1.57. The molecule has 1 saturated heterocycles. The summed E-state index contributed by atoms with van der Waals surface area (Å²) >= 11 is 0. The van der Waals surface area contributed by atoms with Crippen LogP contribution in [-0.2, 0) is 14.8 Å². The van der Waals surface area contributed by atoms with Crippen LogP contribution in [0.1, 0.15) is 12.8 Å². The summed E-state index contributed by atoms with van der Waals surface area (Å²) in [5.74, 6) is -0.709. The van der Waals surface area contributed by atoms with E-state index >= 15 is 0 Å². The second-order valence-electron chi connectivity index (χ2n) is 5.16. The van der Waals surface area contributed by atoms with Gasteiger partial charge in [0.1, 0.15) is 0 Å². The van der Waals surface area contributed by atoms with Gasteiger partial charge in [0.15, 0.2) is 5.82 Å². The SMILES string of the molecule is NC1C2CCCOC2C1NS(=O)(=O)c1ncccc1F. The van der Waals surface area contributed by atoms with Gasteiger partial charge in [0.25, 0.3) is 10.0 Å². The maximum absolute atomic E-state index is 13.5. The van der Waals surface area contributed by atoms with Crippen LogP contribution in [0.2, 0.25) is 0 Å². The minimum Gasteiger partial charge on any atom is -0.376 e. The van der Waals surface area contributed by atoms with Crippen molar-refractivity contribution in [3.63, 3.8) is 0 Å². The Balaban J connectivity index is 1.79. The first-order chi connectivity index (χ1) is 9.50. The molecule has 20 heavy (non-hydrogen) atoms. The smallest absolute Gasteiger partial charge is 0.261 e. The summed E-state index contributed by atoms with van der Waals surface area (Å²) in [5, 5.41) is -0.605. The van der Waals surface area contributed by atoms with E-state index < -0.39 is 26.9 Å². The lowest BCUT2D eigenvalue weighted by molar-refractivity contribution is -0.114. The number of halogens is 1. The number of hydrogen-bond acceptors (Lipinski definition) is 5. The second kappa shape index (κ2) is 5.03. The van der Waals surface area contributed by atoms with Crippen molar-refractivity contribution < 1.29 is 17.5 Å². The van der Waals surface area contributed by atoms with Gasteiger partial charge >= 0.3 is 0 Å². The molecule has 2 heterocycles. The van der Waals surface area contributed by atoms with Crippen molar-refractivity contribution in [1.29, 1.82) is 0 Å². The first-order valence-corrected chi connectivity index (χ1v) is 7.99. The second-order valence-corrected chi connectivity index (χ2v) is 6.79. The fourth-order valence-electron chi connectivity index (χ4n) is 2.90. The highest BCUT2D eigenvalue weighted by molar-refractivity contribution is 7.89. The number of nitrogens with two attached hydrogens (primary N) is 1. The molecule has 4 atom stereocenters. The average Bonchev–Trinajstić information content (AvgIpc) is 2.45. The molecule has 8 heteroatoms. The van der Waals surface area contributed by atoms with Gasteiger partial charge in [-0.25, -0.2) is 22.5 Å². The van der Waals surface area contributed by atoms with E-state index in [0.717, 1.165) is 18.9 Å². The average molecular weight is 301 g/mol. The van der Waals surface area contributed by atoms with Crippen LogP contribution in [0.15, 0.2) is 23.4 Å². The van der Waals surface area contributed by atoms with Gasteiger partial charge in [0.05, 0.1) is 12.1 Å². The quantitative estimate of drug-likeness (QED) is 0.820. The van der Waals surface area contributed by atoms with E-state index in [1.807, 2.05) is 0 Å². The van der Waals surface area contributed by atoms with Gasteiger partial charge in [-0.15, -0.1) is 0 Å². The summed E-state index contributed by atoms with van der Waals surface area (Å²) in [6.07, 6.45) is 2.88. The van der Waals surface area contributed by atoms with Crippen LogP contribution in [0.4, 0.5) is 4.39 Å². The Kier molecular flexibility index (Phi) is 3.49. The van der Waals surface area contributed by atoms with Crippen molar-refractivity contribution in [3.8, 4) is 0 Å². The van der Waals surface area contributed by atoms with E-state index in [1.165, 1.54) is 12.3 Å². The maximum Gasteiger partial charge on any atom is 0.261 e. The standard InChI is InChI=1S/C12H16FN3O3S/c13-8-4-1-5-15-12(8)20(17,18)16-10-9(14)7-3-2-6-19-11(7)10/h1,4-5,7,9-11,16H,2-3,6,14H2. The van der Waals surface area contributed by atoms with Crippen molar-refractivity contribution in [3.05, 3.63) is 24.1 Å². The monoisotopic (exact) mass is 301 g/mol. The number of ether oxygens (including phenoxy) is 1. The number of nitrogens with zero attached hydrogens (tertiary/aromatic N) is 1. The van der Waals surface area contributed by atoms with Crippen LogP contribution in [0.5, 0.6) is 0 Å². The van der Waals surface area contributed by atoms with Gasteiger partial charge in [-0.2, -0.15) is 0 Å². The first-order valence-electron chi connectivity index (χ1n) is 6.51. The number of aromatic nitrogens is 1. The Morgan fingerprint density at radius 2 is 2.30 bits per heavy atom. The normalized spacial score (nSPS) is 33.3. The first kappa shape index (κ1) is 13.9. The minimum absolute atomic E-state index is 0.171. The molecule has 3 rings (SSSR count). The lowest BCUT2D eigenvalue weighted by atomic mass is 9.69. The van der Waals surface area contributed by atoms with Gasteiger partial charge in [-0.1, -0.05) is 0 Å². The molecule has 6 nitrogen and oxygen atoms in total. The van der Waals surface area contributed by atoms with Gasteiger partial charge in [0, 0.05) is 24.8 Å². The van der Waals surface area contributed by atoms with Gasteiger partial charge in [0.2, 0.25) is 5.03 Å². The molecule has 2 fully saturated rings. The third-order valence-corrected chi connectivity index (χ3v) is 5.34. The minimum atomic E-state index is -4.03. The predicted molar refractivity (Wildman–Crippen MR) is 68.7 cm³/mol. The lowest BCUT2D eigenvalue weighted by Gasteiger charge is -2.52. The van der Waals surface area contributed by atoms with E-state index in [1.54, 1.807) is 0 Å². The van der Waals surface area contributed by atoms with Crippen LogP contribution in [0.25, 0.3) is 0 Å². The zero-order chi connectivity index (χ0) is 14.3. The van der Waals surface area contributed by atoms with E-state index in [4.69, 9.17) is 10.5 Å². The highest BCUT2D eigenvalue weighted by Gasteiger charge is 2.52. The van der Waals surface area contributed by atoms with Crippen LogP contribution in [-0.4, -0.2) is 38.2 Å². The third-order valence-electron chi connectivity index (χ3n) is 3.95. The number of fused-ring (bicyclic) bond motifs is 1. The van der Waals surface area contributed by atoms with E-state index in [9.17, 15) is 12.8 Å². The van der Waals surface area contributed by atoms with Crippen molar-refractivity contribution >= 4 is 10.0 Å². The van der Waals surface area contributed by atoms with Crippen molar-refractivity contribution in [2.45, 2.75) is 36.1 Å². The van der Waals surface area contributed by atoms with Crippen molar-refractivity contribution in [2.75, 3.05) is 6.61 Å². The van der Waals surface area contributed by atoms with Crippen LogP contribution >= 0.6 is 0 Å². The largest absolute Gasteiger partial charge is 0.376 e. The fraction of sp³-hybridized carbons (Fsp3) is 0.583. The topological polar surface area (TPSA) is 94.3 Å². The number of sulfonamides is 1. The molecule has 3 N–H and O–H groups in total. The Hall–Kier alpha value is -1.09. The van der Waals surface area contributed by atoms with E-state index in [-0.39, 0.29) is 18.1 Å². The molecule has 1 aromatic rings. The molecule has 0 bridgehead atoms.